The molecule has 6 rings (SSSR count). The second-order valence-corrected chi connectivity index (χ2v) is 13.4. The van der Waals surface area contributed by atoms with E-state index in [1.165, 1.54) is 6.42 Å². The lowest BCUT2D eigenvalue weighted by Crippen LogP contribution is -2.59. The Labute approximate surface area is 285 Å². The van der Waals surface area contributed by atoms with Gasteiger partial charge in [-0.15, -0.1) is 0 Å². The molecule has 2 saturated heterocycles. The van der Waals surface area contributed by atoms with Crippen LogP contribution in [0.4, 0.5) is 26.3 Å². The molecule has 4 aromatic rings. The van der Waals surface area contributed by atoms with E-state index in [4.69, 9.17) is 0 Å². The van der Waals surface area contributed by atoms with E-state index in [0.29, 0.717) is 10.9 Å². The van der Waals surface area contributed by atoms with Gasteiger partial charge in [-0.3, -0.25) is 19.6 Å². The summed E-state index contributed by atoms with van der Waals surface area (Å²) in [7, 11) is 0. The Bertz CT molecular complexity index is 1860. The first-order valence-corrected chi connectivity index (χ1v) is 16.7. The highest BCUT2D eigenvalue weighted by Gasteiger charge is 2.61. The monoisotopic (exact) mass is 700 g/mol. The topological polar surface area (TPSA) is 85.8 Å². The largest absolute Gasteiger partial charge is 0.480 e. The van der Waals surface area contributed by atoms with Crippen LogP contribution in [-0.4, -0.2) is 82.9 Å². The van der Waals surface area contributed by atoms with Gasteiger partial charge in [0, 0.05) is 30.7 Å². The van der Waals surface area contributed by atoms with Gasteiger partial charge in [-0.1, -0.05) is 55.0 Å². The first-order valence-electron chi connectivity index (χ1n) is 16.7. The van der Waals surface area contributed by atoms with Gasteiger partial charge in [0.25, 0.3) is 0 Å². The van der Waals surface area contributed by atoms with Crippen LogP contribution >= 0.6 is 0 Å². The van der Waals surface area contributed by atoms with Gasteiger partial charge in [0.2, 0.25) is 5.91 Å². The molecule has 3 aromatic carbocycles. The molecule has 13 heteroatoms. The highest BCUT2D eigenvalue weighted by atomic mass is 19.4. The molecule has 0 bridgehead atoms. The minimum Gasteiger partial charge on any atom is -0.480 e. The molecule has 2 fully saturated rings. The van der Waals surface area contributed by atoms with E-state index in [1.807, 2.05) is 36.5 Å². The molecule has 1 atom stereocenters. The Morgan fingerprint density at radius 2 is 1.52 bits per heavy atom. The van der Waals surface area contributed by atoms with E-state index in [9.17, 15) is 41.0 Å². The molecule has 3 heterocycles. The zero-order chi connectivity index (χ0) is 35.7. The molecule has 50 heavy (non-hydrogen) atoms. The third-order valence-corrected chi connectivity index (χ3v) is 10.2. The number of nitrogens with one attached hydrogen (secondary N) is 1. The number of amides is 1. The lowest BCUT2D eigenvalue weighted by molar-refractivity contribution is -0.236. The van der Waals surface area contributed by atoms with Gasteiger partial charge in [-0.05, 0) is 96.3 Å². The number of hydrogen-bond acceptors (Lipinski definition) is 5. The Hall–Kier alpha value is -4.23. The number of aliphatic carboxylic acids is 1. The van der Waals surface area contributed by atoms with Crippen LogP contribution in [0.15, 0.2) is 67.0 Å². The number of likely N-dealkylation sites (tertiary alicyclic amines) is 2. The van der Waals surface area contributed by atoms with E-state index < -0.39 is 68.2 Å². The van der Waals surface area contributed by atoms with Gasteiger partial charge in [0.15, 0.2) is 0 Å². The van der Waals surface area contributed by atoms with Gasteiger partial charge in [0.05, 0.1) is 6.54 Å². The van der Waals surface area contributed by atoms with Crippen molar-refractivity contribution in [3.05, 3.63) is 78.1 Å². The van der Waals surface area contributed by atoms with Crippen LogP contribution in [0.1, 0.15) is 43.2 Å². The fourth-order valence-corrected chi connectivity index (χ4v) is 7.49. The number of pyridine rings is 1. The molecule has 0 unspecified atom stereocenters. The Morgan fingerprint density at radius 1 is 0.820 bits per heavy atom. The van der Waals surface area contributed by atoms with Crippen LogP contribution < -0.4 is 5.32 Å². The average molecular weight is 701 g/mol. The lowest BCUT2D eigenvalue weighted by Gasteiger charge is -2.42. The number of rotatable bonds is 9. The van der Waals surface area contributed by atoms with E-state index in [1.54, 1.807) is 18.3 Å². The standard InChI is InChI=1S/C37H38F6N4O3/c38-36(39,40)23-47-18-13-35(14-19-47,37(41,42)43)34(50)45-31(33(48)49)20-25-6-4-8-28-27(25)7-5-9-29(28)32-26(22-46-16-2-1-3-17-46)11-10-24-12-15-44-21-30(24)32/h4-12,15,21,31H,1-3,13-14,16-20,22-23H2,(H,45,50)(H,48,49)/t31-/m0/s1. The molecule has 2 aliphatic rings. The van der Waals surface area contributed by atoms with Crippen molar-refractivity contribution in [3.63, 3.8) is 0 Å². The van der Waals surface area contributed by atoms with E-state index in [0.717, 1.165) is 70.2 Å². The summed E-state index contributed by atoms with van der Waals surface area (Å²) < 4.78 is 82.0. The highest BCUT2D eigenvalue weighted by Crippen LogP contribution is 2.47. The van der Waals surface area contributed by atoms with E-state index in [2.05, 4.69) is 27.3 Å². The molecule has 1 aromatic heterocycles. The zero-order valence-electron chi connectivity index (χ0n) is 27.3. The molecule has 0 spiro atoms. The summed E-state index contributed by atoms with van der Waals surface area (Å²) in [4.78, 5) is 33.4. The molecule has 1 amide bonds. The highest BCUT2D eigenvalue weighted by molar-refractivity contribution is 6.07. The first-order chi connectivity index (χ1) is 23.8. The molecular formula is C37H38F6N4O3. The van der Waals surface area contributed by atoms with Crippen LogP contribution in [0.2, 0.25) is 0 Å². The first kappa shape index (κ1) is 35.6. The molecule has 2 aliphatic heterocycles. The summed E-state index contributed by atoms with van der Waals surface area (Å²) in [6, 6.07) is 15.4. The summed E-state index contributed by atoms with van der Waals surface area (Å²) in [5.74, 6) is -3.07. The maximum atomic E-state index is 14.4. The number of carbonyl (C=O) groups is 2. The van der Waals surface area contributed by atoms with Gasteiger partial charge in [-0.2, -0.15) is 26.3 Å². The lowest BCUT2D eigenvalue weighted by atomic mass is 9.76. The second-order valence-electron chi connectivity index (χ2n) is 13.4. The van der Waals surface area contributed by atoms with Crippen molar-refractivity contribution in [1.29, 1.82) is 0 Å². The summed E-state index contributed by atoms with van der Waals surface area (Å²) >= 11 is 0. The Balaban J connectivity index is 1.32. The van der Waals surface area contributed by atoms with Crippen molar-refractivity contribution in [3.8, 4) is 11.1 Å². The van der Waals surface area contributed by atoms with Crippen LogP contribution in [0.25, 0.3) is 32.7 Å². The average Bonchev–Trinajstić information content (AvgIpc) is 3.07. The smallest absolute Gasteiger partial charge is 0.403 e. The van der Waals surface area contributed by atoms with Crippen LogP contribution in [-0.2, 0) is 22.6 Å². The SMILES string of the molecule is O=C(O)[C@H](Cc1cccc2c(-c3c(CN4CCCCC4)ccc4ccncc34)cccc12)NC(=O)C1(C(F)(F)F)CCN(CC(F)(F)F)CC1. The minimum absolute atomic E-state index is 0.312. The second kappa shape index (κ2) is 14.2. The number of hydrogen-bond donors (Lipinski definition) is 2. The number of aromatic nitrogens is 1. The summed E-state index contributed by atoms with van der Waals surface area (Å²) in [5, 5.41) is 15.7. The normalized spacial score (nSPS) is 18.3. The third kappa shape index (κ3) is 7.44. The van der Waals surface area contributed by atoms with Gasteiger partial charge >= 0.3 is 18.3 Å². The fraction of sp³-hybridized carbons (Fsp3) is 0.432. The predicted molar refractivity (Wildman–Crippen MR) is 177 cm³/mol. The molecule has 266 valence electrons. The predicted octanol–water partition coefficient (Wildman–Crippen LogP) is 7.36. The maximum Gasteiger partial charge on any atom is 0.403 e. The Morgan fingerprint density at radius 3 is 2.20 bits per heavy atom. The maximum absolute atomic E-state index is 14.4. The van der Waals surface area contributed by atoms with Crippen molar-refractivity contribution >= 4 is 33.4 Å². The van der Waals surface area contributed by atoms with E-state index >= 15 is 0 Å². The zero-order valence-corrected chi connectivity index (χ0v) is 27.3. The van der Waals surface area contributed by atoms with Crippen molar-refractivity contribution < 1.29 is 41.0 Å². The number of carboxylic acid groups (broad SMARTS) is 1. The molecular weight excluding hydrogens is 662 g/mol. The van der Waals surface area contributed by atoms with Crippen molar-refractivity contribution in [2.45, 2.75) is 63.5 Å². The number of benzene rings is 3. The van der Waals surface area contributed by atoms with Crippen LogP contribution in [0.5, 0.6) is 0 Å². The van der Waals surface area contributed by atoms with Crippen LogP contribution in [0.3, 0.4) is 0 Å². The molecule has 0 aliphatic carbocycles. The Kier molecular flexibility index (Phi) is 10.1. The summed E-state index contributed by atoms with van der Waals surface area (Å²) in [6.45, 7) is 0.109. The number of carbonyl (C=O) groups excluding carboxylic acids is 1. The summed E-state index contributed by atoms with van der Waals surface area (Å²) in [6.07, 6.45) is -4.83. The van der Waals surface area contributed by atoms with Crippen molar-refractivity contribution in [2.24, 2.45) is 5.41 Å². The number of piperidine rings is 2. The van der Waals surface area contributed by atoms with Gasteiger partial charge in [-0.25, -0.2) is 4.79 Å². The number of fused-ring (bicyclic) bond motifs is 2. The number of halogens is 6. The van der Waals surface area contributed by atoms with Crippen molar-refractivity contribution in [2.75, 3.05) is 32.7 Å². The van der Waals surface area contributed by atoms with Gasteiger partial charge < -0.3 is 10.4 Å². The van der Waals surface area contributed by atoms with Gasteiger partial charge in [0.1, 0.15) is 11.5 Å². The van der Waals surface area contributed by atoms with Crippen LogP contribution in [0, 0.1) is 5.41 Å². The molecule has 7 nitrogen and oxygen atoms in total. The number of carboxylic acids is 1. The quantitative estimate of drug-likeness (QED) is 0.178. The minimum atomic E-state index is -5.10. The third-order valence-electron chi connectivity index (χ3n) is 10.2. The van der Waals surface area contributed by atoms with E-state index in [-0.39, 0.29) is 6.42 Å². The molecule has 0 saturated carbocycles. The molecule has 0 radical (unpaired) electrons. The molecule has 2 N–H and O–H groups in total. The summed E-state index contributed by atoms with van der Waals surface area (Å²) in [5.41, 5.74) is 0.499. The number of alkyl halides is 6. The fourth-order valence-electron chi connectivity index (χ4n) is 7.49. The number of nitrogens with zero attached hydrogens (tertiary/aromatic N) is 3. The van der Waals surface area contributed by atoms with Crippen molar-refractivity contribution in [1.82, 2.24) is 20.1 Å².